The summed E-state index contributed by atoms with van der Waals surface area (Å²) >= 11 is 0. The summed E-state index contributed by atoms with van der Waals surface area (Å²) in [4.78, 5) is 30.1. The normalized spacial score (nSPS) is 22.2. The molecular weight excluding hydrogens is 520 g/mol. The summed E-state index contributed by atoms with van der Waals surface area (Å²) in [6, 6.07) is 11.7. The number of aryl methyl sites for hydroxylation is 1. The van der Waals surface area contributed by atoms with Crippen LogP contribution in [0.1, 0.15) is 55.2 Å². The van der Waals surface area contributed by atoms with Crippen LogP contribution in [0.15, 0.2) is 42.6 Å². The predicted molar refractivity (Wildman–Crippen MR) is 149 cm³/mol. The second kappa shape index (κ2) is 11.2. The van der Waals surface area contributed by atoms with E-state index < -0.39 is 26.8 Å². The van der Waals surface area contributed by atoms with Crippen molar-refractivity contribution in [3.8, 4) is 0 Å². The molecule has 10 nitrogen and oxygen atoms in total. The number of esters is 1. The monoisotopic (exact) mass is 559 g/mol. The highest BCUT2D eigenvalue weighted by molar-refractivity contribution is 7.90. The predicted octanol–water partition coefficient (Wildman–Crippen LogP) is 3.39. The van der Waals surface area contributed by atoms with Crippen LogP contribution < -0.4 is 9.21 Å². The third-order valence-electron chi connectivity index (χ3n) is 7.57. The van der Waals surface area contributed by atoms with Crippen LogP contribution in [-0.4, -0.2) is 80.5 Å². The molecule has 11 heteroatoms. The average Bonchev–Trinajstić information content (AvgIpc) is 2.85. The lowest BCUT2D eigenvalue weighted by Crippen LogP contribution is -2.73. The Kier molecular flexibility index (Phi) is 8.34. The molecule has 0 aliphatic carbocycles. The lowest BCUT2D eigenvalue weighted by molar-refractivity contribution is -0.0166. The molecule has 2 aliphatic heterocycles. The van der Waals surface area contributed by atoms with Gasteiger partial charge >= 0.3 is 12.1 Å². The van der Waals surface area contributed by atoms with Gasteiger partial charge in [0.05, 0.1) is 56.3 Å². The van der Waals surface area contributed by atoms with E-state index in [1.807, 2.05) is 26.8 Å². The number of hydrogen-bond acceptors (Lipinski definition) is 7. The number of quaternary nitrogens is 1. The molecular formula is C28H39N4O6S+. The zero-order chi connectivity index (χ0) is 28.4. The Hall–Kier alpha value is -3.02. The van der Waals surface area contributed by atoms with Gasteiger partial charge in [0.1, 0.15) is 17.3 Å². The maximum atomic E-state index is 13.2. The van der Waals surface area contributed by atoms with Crippen molar-refractivity contribution in [3.63, 3.8) is 0 Å². The second-order valence-electron chi connectivity index (χ2n) is 11.5. The number of pyridine rings is 1. The Morgan fingerprint density at radius 1 is 1.13 bits per heavy atom. The minimum atomic E-state index is -3.59. The highest BCUT2D eigenvalue weighted by Crippen LogP contribution is 2.37. The minimum absolute atomic E-state index is 0.0473. The average molecular weight is 560 g/mol. The lowest BCUT2D eigenvalue weighted by atomic mass is 9.95. The van der Waals surface area contributed by atoms with Crippen molar-refractivity contribution in [3.05, 3.63) is 59.4 Å². The fraction of sp³-hybridized carbons (Fsp3) is 0.536. The molecule has 0 saturated carbocycles. The number of aromatic nitrogens is 1. The van der Waals surface area contributed by atoms with Gasteiger partial charge in [-0.3, -0.25) is 14.4 Å². The molecule has 1 aromatic heterocycles. The van der Waals surface area contributed by atoms with Crippen molar-refractivity contribution in [1.82, 2.24) is 19.1 Å². The zero-order valence-electron chi connectivity index (χ0n) is 23.3. The number of amides is 1. The first-order valence-electron chi connectivity index (χ1n) is 13.3. The van der Waals surface area contributed by atoms with E-state index >= 15 is 0 Å². The van der Waals surface area contributed by atoms with Gasteiger partial charge in [-0.1, -0.05) is 12.1 Å². The maximum absolute atomic E-state index is 13.2. The summed E-state index contributed by atoms with van der Waals surface area (Å²) in [6.07, 6.45) is 2.07. The van der Waals surface area contributed by atoms with Crippen molar-refractivity contribution < 1.29 is 27.5 Å². The van der Waals surface area contributed by atoms with Gasteiger partial charge in [0.15, 0.2) is 0 Å². The summed E-state index contributed by atoms with van der Waals surface area (Å²) in [5.41, 5.74) is 2.58. The van der Waals surface area contributed by atoms with Gasteiger partial charge < -0.3 is 9.47 Å². The summed E-state index contributed by atoms with van der Waals surface area (Å²) in [7, 11) is -2.29. The van der Waals surface area contributed by atoms with Crippen molar-refractivity contribution in [1.29, 1.82) is 0 Å². The van der Waals surface area contributed by atoms with Crippen LogP contribution in [-0.2, 0) is 26.0 Å². The van der Waals surface area contributed by atoms with Crippen LogP contribution >= 0.6 is 0 Å². The fourth-order valence-corrected chi connectivity index (χ4v) is 6.77. The van der Waals surface area contributed by atoms with Crippen molar-refractivity contribution in [2.45, 2.75) is 64.0 Å². The highest BCUT2D eigenvalue weighted by atomic mass is 32.2. The van der Waals surface area contributed by atoms with Crippen molar-refractivity contribution in [2.75, 3.05) is 33.3 Å². The van der Waals surface area contributed by atoms with Crippen LogP contribution in [0.5, 0.6) is 0 Å². The van der Waals surface area contributed by atoms with Crippen LogP contribution in [0.3, 0.4) is 0 Å². The molecule has 0 radical (unpaired) electrons. The summed E-state index contributed by atoms with van der Waals surface area (Å²) in [6.45, 7) is 10.1. The molecule has 1 N–H and O–H groups in total. The van der Waals surface area contributed by atoms with E-state index in [9.17, 15) is 18.0 Å². The third kappa shape index (κ3) is 6.59. The Morgan fingerprint density at radius 3 is 2.38 bits per heavy atom. The highest BCUT2D eigenvalue weighted by Gasteiger charge is 2.51. The van der Waals surface area contributed by atoms with Gasteiger partial charge in [-0.25, -0.2) is 22.7 Å². The van der Waals surface area contributed by atoms with E-state index in [0.29, 0.717) is 54.8 Å². The quantitative estimate of drug-likeness (QED) is 0.409. The first-order chi connectivity index (χ1) is 18.3. The standard InChI is InChI=1S/C28H39N4O6S/c1-20-7-6-8-23(15-20)32(24-18-31(19-24)27(34)38-28(2,3)4)13-11-25(12-14-32)39(35,36)30-17-22-10-9-21(16-29-22)26(33)37-5/h6-10,15-16,24-25,30H,11-14,17-19H2,1-5H3/q+1. The first-order valence-corrected chi connectivity index (χ1v) is 14.8. The largest absolute Gasteiger partial charge is 0.465 e. The van der Waals surface area contributed by atoms with Gasteiger partial charge in [-0.15, -0.1) is 0 Å². The number of piperidine rings is 1. The number of sulfonamides is 1. The van der Waals surface area contributed by atoms with E-state index in [2.05, 4.69) is 39.6 Å². The summed E-state index contributed by atoms with van der Waals surface area (Å²) in [5.74, 6) is -0.493. The van der Waals surface area contributed by atoms with E-state index in [1.165, 1.54) is 13.3 Å². The topological polar surface area (TPSA) is 115 Å². The molecule has 0 atom stereocenters. The van der Waals surface area contributed by atoms with Gasteiger partial charge in [-0.05, 0) is 51.5 Å². The van der Waals surface area contributed by atoms with Crippen LogP contribution in [0.4, 0.5) is 10.5 Å². The molecule has 4 rings (SSSR count). The van der Waals surface area contributed by atoms with E-state index in [4.69, 9.17) is 4.74 Å². The van der Waals surface area contributed by atoms with Crippen molar-refractivity contribution >= 4 is 27.8 Å². The molecule has 3 heterocycles. The van der Waals surface area contributed by atoms with Crippen LogP contribution in [0.2, 0.25) is 0 Å². The van der Waals surface area contributed by atoms with Crippen LogP contribution in [0, 0.1) is 6.92 Å². The summed E-state index contributed by atoms with van der Waals surface area (Å²) < 4.78 is 40.0. The van der Waals surface area contributed by atoms with E-state index in [0.717, 1.165) is 11.3 Å². The number of nitrogens with zero attached hydrogens (tertiary/aromatic N) is 3. The van der Waals surface area contributed by atoms with E-state index in [1.54, 1.807) is 17.0 Å². The summed E-state index contributed by atoms with van der Waals surface area (Å²) in [5, 5.41) is -0.523. The van der Waals surface area contributed by atoms with Crippen molar-refractivity contribution in [2.24, 2.45) is 0 Å². The fourth-order valence-electron chi connectivity index (χ4n) is 5.36. The second-order valence-corrected chi connectivity index (χ2v) is 13.5. The number of likely N-dealkylation sites (tertiary alicyclic amines) is 2. The minimum Gasteiger partial charge on any atom is -0.465 e. The molecule has 0 unspecified atom stereocenters. The molecule has 2 aliphatic rings. The SMILES string of the molecule is COC(=O)c1ccc(CNS(=O)(=O)C2CC[N+](c3cccc(C)c3)(C3CN(C(=O)OC(C)(C)C)C3)CC2)nc1. The van der Waals surface area contributed by atoms with Gasteiger partial charge in [-0.2, -0.15) is 0 Å². The Balaban J connectivity index is 1.43. The van der Waals surface area contributed by atoms with Gasteiger partial charge in [0.2, 0.25) is 10.0 Å². The number of carbonyl (C=O) groups is 2. The Morgan fingerprint density at radius 2 is 1.82 bits per heavy atom. The molecule has 0 bridgehead atoms. The molecule has 2 saturated heterocycles. The number of rotatable bonds is 7. The molecule has 0 spiro atoms. The number of hydrogen-bond donors (Lipinski definition) is 1. The first kappa shape index (κ1) is 29.0. The van der Waals surface area contributed by atoms with Gasteiger partial charge in [0.25, 0.3) is 0 Å². The molecule has 212 valence electrons. The lowest BCUT2D eigenvalue weighted by Gasteiger charge is -2.54. The third-order valence-corrected chi connectivity index (χ3v) is 9.46. The zero-order valence-corrected chi connectivity index (χ0v) is 24.2. The van der Waals surface area contributed by atoms with Gasteiger partial charge in [0, 0.05) is 25.1 Å². The Bertz CT molecular complexity index is 1290. The number of nitrogens with one attached hydrogen (secondary N) is 1. The smallest absolute Gasteiger partial charge is 0.410 e. The number of methoxy groups -OCH3 is 1. The number of carbonyl (C=O) groups excluding carboxylic acids is 2. The molecule has 1 aromatic carbocycles. The van der Waals surface area contributed by atoms with Crippen LogP contribution in [0.25, 0.3) is 0 Å². The maximum Gasteiger partial charge on any atom is 0.410 e. The molecule has 1 amide bonds. The van der Waals surface area contributed by atoms with E-state index in [-0.39, 0.29) is 18.7 Å². The molecule has 2 aromatic rings. The molecule has 39 heavy (non-hydrogen) atoms. The number of benzene rings is 1. The molecule has 2 fully saturated rings. The number of ether oxygens (including phenoxy) is 2. The Labute approximate surface area is 230 Å².